The van der Waals surface area contributed by atoms with Gasteiger partial charge in [-0.05, 0) is 27.9 Å². The van der Waals surface area contributed by atoms with Gasteiger partial charge >= 0.3 is 0 Å². The van der Waals surface area contributed by atoms with Gasteiger partial charge in [-0.1, -0.05) is 20.3 Å². The van der Waals surface area contributed by atoms with Crippen LogP contribution in [0.2, 0.25) is 0 Å². The van der Waals surface area contributed by atoms with Crippen LogP contribution in [0.15, 0.2) is 16.7 Å². The molecule has 0 bridgehead atoms. The van der Waals surface area contributed by atoms with E-state index in [1.54, 1.807) is 24.2 Å². The lowest BCUT2D eigenvalue weighted by Gasteiger charge is -2.21. The van der Waals surface area contributed by atoms with E-state index < -0.39 is 0 Å². The minimum atomic E-state index is -0.0861. The van der Waals surface area contributed by atoms with Crippen LogP contribution in [0.4, 0.5) is 5.82 Å². The number of carbonyl (C=O) groups is 1. The Kier molecular flexibility index (Phi) is 5.55. The van der Waals surface area contributed by atoms with E-state index in [1.165, 1.54) is 0 Å². The number of aromatic nitrogens is 1. The molecule has 1 rings (SSSR count). The highest BCUT2D eigenvalue weighted by Gasteiger charge is 2.18. The number of halogens is 1. The third-order valence-corrected chi connectivity index (χ3v) is 3.28. The van der Waals surface area contributed by atoms with Crippen LogP contribution >= 0.6 is 15.9 Å². The number of hydrogen-bond acceptors (Lipinski definition) is 4. The summed E-state index contributed by atoms with van der Waals surface area (Å²) < 4.78 is 0.752. The maximum absolute atomic E-state index is 12.3. The monoisotopic (exact) mass is 314 g/mol. The fourth-order valence-electron chi connectivity index (χ4n) is 1.60. The molecule has 0 aliphatic heterocycles. The van der Waals surface area contributed by atoms with Crippen molar-refractivity contribution in [3.63, 3.8) is 0 Å². The van der Waals surface area contributed by atoms with Gasteiger partial charge in [-0.2, -0.15) is 0 Å². The number of anilines is 1. The molecule has 0 aliphatic rings. The highest BCUT2D eigenvalue weighted by molar-refractivity contribution is 9.10. The van der Waals surface area contributed by atoms with E-state index in [0.717, 1.165) is 10.9 Å². The maximum atomic E-state index is 12.3. The van der Waals surface area contributed by atoms with E-state index >= 15 is 0 Å². The molecule has 18 heavy (non-hydrogen) atoms. The fraction of sp³-hybridized carbons (Fsp3) is 0.500. The molecule has 0 aromatic carbocycles. The molecule has 0 radical (unpaired) electrons. The van der Waals surface area contributed by atoms with Crippen LogP contribution in [0.25, 0.3) is 0 Å². The third-order valence-electron chi connectivity index (χ3n) is 2.85. The van der Waals surface area contributed by atoms with Crippen molar-refractivity contribution < 1.29 is 4.79 Å². The molecule has 1 aromatic heterocycles. The summed E-state index contributed by atoms with van der Waals surface area (Å²) in [5, 5.41) is 0. The van der Waals surface area contributed by atoms with Gasteiger partial charge in [0.2, 0.25) is 0 Å². The van der Waals surface area contributed by atoms with Gasteiger partial charge in [-0.25, -0.2) is 10.8 Å². The molecule has 0 spiro atoms. The summed E-state index contributed by atoms with van der Waals surface area (Å²) >= 11 is 3.31. The Labute approximate surface area is 116 Å². The summed E-state index contributed by atoms with van der Waals surface area (Å²) in [7, 11) is 1.79. The summed E-state index contributed by atoms with van der Waals surface area (Å²) in [6.45, 7) is 4.94. The molecule has 0 aliphatic carbocycles. The van der Waals surface area contributed by atoms with Crippen molar-refractivity contribution in [1.82, 2.24) is 9.88 Å². The molecule has 0 saturated carbocycles. The Hall–Kier alpha value is -1.14. The summed E-state index contributed by atoms with van der Waals surface area (Å²) in [5.74, 6) is 6.14. The van der Waals surface area contributed by atoms with Gasteiger partial charge in [0.1, 0.15) is 0 Å². The van der Waals surface area contributed by atoms with Crippen molar-refractivity contribution in [1.29, 1.82) is 0 Å². The van der Waals surface area contributed by atoms with E-state index in [1.807, 2.05) is 0 Å². The molecular weight excluding hydrogens is 296 g/mol. The van der Waals surface area contributed by atoms with Gasteiger partial charge in [0.05, 0.1) is 5.56 Å². The first kappa shape index (κ1) is 14.9. The summed E-state index contributed by atoms with van der Waals surface area (Å²) in [5.41, 5.74) is 2.92. The van der Waals surface area contributed by atoms with E-state index in [0.29, 0.717) is 23.8 Å². The number of pyridine rings is 1. The molecule has 100 valence electrons. The average Bonchev–Trinajstić information content (AvgIpc) is 2.37. The van der Waals surface area contributed by atoms with Gasteiger partial charge in [-0.3, -0.25) is 4.79 Å². The van der Waals surface area contributed by atoms with Crippen LogP contribution in [0, 0.1) is 5.92 Å². The van der Waals surface area contributed by atoms with Crippen LogP contribution in [-0.2, 0) is 0 Å². The molecule has 1 atom stereocenters. The first-order valence-corrected chi connectivity index (χ1v) is 6.66. The number of nitrogens with zero attached hydrogens (tertiary/aromatic N) is 2. The van der Waals surface area contributed by atoms with Crippen molar-refractivity contribution in [2.75, 3.05) is 19.0 Å². The standard InChI is InChI=1S/C12H19BrN4O/c1-4-8(2)7-17(3)12(18)10-5-9(13)6-15-11(10)16-14/h5-6,8H,4,7,14H2,1-3H3,(H,15,16). The number of nitrogens with two attached hydrogens (primary N) is 1. The number of hydrogen-bond donors (Lipinski definition) is 2. The molecule has 1 amide bonds. The number of nitrogens with one attached hydrogen (secondary N) is 1. The number of amides is 1. The number of hydrazine groups is 1. The summed E-state index contributed by atoms with van der Waals surface area (Å²) in [4.78, 5) is 18.1. The van der Waals surface area contributed by atoms with Crippen LogP contribution in [0.1, 0.15) is 30.6 Å². The molecule has 0 fully saturated rings. The van der Waals surface area contributed by atoms with E-state index in [9.17, 15) is 4.79 Å². The van der Waals surface area contributed by atoms with Crippen molar-refractivity contribution in [3.8, 4) is 0 Å². The van der Waals surface area contributed by atoms with Gasteiger partial charge in [0, 0.05) is 24.3 Å². The minimum absolute atomic E-state index is 0.0861. The van der Waals surface area contributed by atoms with Crippen LogP contribution in [0.3, 0.4) is 0 Å². The SMILES string of the molecule is CCC(C)CN(C)C(=O)c1cc(Br)cnc1NN. The molecule has 5 nitrogen and oxygen atoms in total. The van der Waals surface area contributed by atoms with Crippen LogP contribution < -0.4 is 11.3 Å². The number of carbonyl (C=O) groups excluding carboxylic acids is 1. The molecule has 1 aromatic rings. The minimum Gasteiger partial charge on any atom is -0.341 e. The average molecular weight is 315 g/mol. The highest BCUT2D eigenvalue weighted by Crippen LogP contribution is 2.19. The second-order valence-electron chi connectivity index (χ2n) is 4.39. The second kappa shape index (κ2) is 6.70. The summed E-state index contributed by atoms with van der Waals surface area (Å²) in [6, 6.07) is 1.72. The zero-order valence-corrected chi connectivity index (χ0v) is 12.5. The molecule has 6 heteroatoms. The Balaban J connectivity index is 2.92. The van der Waals surface area contributed by atoms with Crippen molar-refractivity contribution in [2.45, 2.75) is 20.3 Å². The fourth-order valence-corrected chi connectivity index (χ4v) is 1.93. The number of nitrogen functional groups attached to an aromatic ring is 1. The smallest absolute Gasteiger partial charge is 0.257 e. The highest BCUT2D eigenvalue weighted by atomic mass is 79.9. The quantitative estimate of drug-likeness (QED) is 0.646. The molecular formula is C12H19BrN4O. The normalized spacial score (nSPS) is 12.1. The Morgan fingerprint density at radius 1 is 1.67 bits per heavy atom. The molecule has 3 N–H and O–H groups in total. The summed E-state index contributed by atoms with van der Waals surface area (Å²) in [6.07, 6.45) is 2.64. The third kappa shape index (κ3) is 3.68. The van der Waals surface area contributed by atoms with Gasteiger partial charge in [-0.15, -0.1) is 0 Å². The van der Waals surface area contributed by atoms with Gasteiger partial charge in [0.15, 0.2) is 5.82 Å². The van der Waals surface area contributed by atoms with Crippen LogP contribution in [0.5, 0.6) is 0 Å². The maximum Gasteiger partial charge on any atom is 0.257 e. The predicted molar refractivity (Wildman–Crippen MR) is 76.2 cm³/mol. The van der Waals surface area contributed by atoms with E-state index in [4.69, 9.17) is 5.84 Å². The van der Waals surface area contributed by atoms with E-state index in [-0.39, 0.29) is 5.91 Å². The lowest BCUT2D eigenvalue weighted by atomic mass is 10.1. The molecule has 1 unspecified atom stereocenters. The second-order valence-corrected chi connectivity index (χ2v) is 5.31. The first-order valence-electron chi connectivity index (χ1n) is 5.87. The van der Waals surface area contributed by atoms with Gasteiger partial charge in [0.25, 0.3) is 5.91 Å². The van der Waals surface area contributed by atoms with E-state index in [2.05, 4.69) is 40.2 Å². The Morgan fingerprint density at radius 3 is 2.89 bits per heavy atom. The Morgan fingerprint density at radius 2 is 2.33 bits per heavy atom. The largest absolute Gasteiger partial charge is 0.341 e. The zero-order chi connectivity index (χ0) is 13.7. The van der Waals surface area contributed by atoms with Crippen molar-refractivity contribution in [3.05, 3.63) is 22.3 Å². The first-order chi connectivity index (χ1) is 8.49. The zero-order valence-electron chi connectivity index (χ0n) is 10.9. The van der Waals surface area contributed by atoms with Gasteiger partial charge < -0.3 is 10.3 Å². The molecule has 1 heterocycles. The molecule has 0 saturated heterocycles. The predicted octanol–water partition coefficient (Wildman–Crippen LogP) is 2.25. The topological polar surface area (TPSA) is 71.2 Å². The van der Waals surface area contributed by atoms with Crippen molar-refractivity contribution >= 4 is 27.7 Å². The Bertz CT molecular complexity index is 425. The van der Waals surface area contributed by atoms with Crippen molar-refractivity contribution in [2.24, 2.45) is 11.8 Å². The number of rotatable bonds is 5. The lowest BCUT2D eigenvalue weighted by Crippen LogP contribution is -2.32. The van der Waals surface area contributed by atoms with Crippen LogP contribution in [-0.4, -0.2) is 29.4 Å². The lowest BCUT2D eigenvalue weighted by molar-refractivity contribution is 0.0775.